The zero-order chi connectivity index (χ0) is 14.7. The second kappa shape index (κ2) is 6.31. The average Bonchev–Trinajstić information content (AvgIpc) is 2.56. The molecule has 0 bridgehead atoms. The van der Waals surface area contributed by atoms with Crippen LogP contribution >= 0.6 is 0 Å². The third-order valence-corrected chi connectivity index (χ3v) is 4.79. The predicted octanol–water partition coefficient (Wildman–Crippen LogP) is 5.68. The molecule has 108 valence electrons. The maximum Gasteiger partial charge on any atom is 0.123 e. The fourth-order valence-corrected chi connectivity index (χ4v) is 3.31. The van der Waals surface area contributed by atoms with Crippen molar-refractivity contribution in [1.29, 1.82) is 0 Å². The van der Waals surface area contributed by atoms with Crippen LogP contribution in [0.15, 0.2) is 53.5 Å². The zero-order valence-corrected chi connectivity index (χ0v) is 12.5. The van der Waals surface area contributed by atoms with Crippen LogP contribution in [-0.4, -0.2) is 0 Å². The van der Waals surface area contributed by atoms with E-state index in [1.807, 2.05) is 0 Å². The number of hydrogen-bond donors (Lipinski definition) is 0. The monoisotopic (exact) mass is 280 g/mol. The van der Waals surface area contributed by atoms with Crippen LogP contribution in [0.2, 0.25) is 0 Å². The number of benzene rings is 1. The van der Waals surface area contributed by atoms with Crippen LogP contribution in [0.4, 0.5) is 4.39 Å². The molecule has 0 unspecified atom stereocenters. The van der Waals surface area contributed by atoms with E-state index in [9.17, 15) is 4.39 Å². The van der Waals surface area contributed by atoms with Crippen LogP contribution in [-0.2, 0) is 0 Å². The van der Waals surface area contributed by atoms with Crippen LogP contribution in [0.3, 0.4) is 0 Å². The molecule has 3 rings (SSSR count). The fraction of sp³-hybridized carbons (Fsp3) is 0.400. The summed E-state index contributed by atoms with van der Waals surface area (Å²) in [6, 6.07) is 6.56. The van der Waals surface area contributed by atoms with Crippen LogP contribution in [0.1, 0.15) is 44.6 Å². The Bertz CT molecular complexity index is 627. The third-order valence-electron chi connectivity index (χ3n) is 4.79. The largest absolute Gasteiger partial charge is 0.207 e. The van der Waals surface area contributed by atoms with E-state index in [0.29, 0.717) is 5.92 Å². The minimum atomic E-state index is -0.202. The van der Waals surface area contributed by atoms with E-state index < -0.39 is 0 Å². The second-order valence-electron chi connectivity index (χ2n) is 6.09. The molecule has 0 heterocycles. The number of hydrogen-bond acceptors (Lipinski definition) is 0. The van der Waals surface area contributed by atoms with E-state index >= 15 is 0 Å². The van der Waals surface area contributed by atoms with Gasteiger partial charge >= 0.3 is 0 Å². The summed E-state index contributed by atoms with van der Waals surface area (Å²) >= 11 is 0. The van der Waals surface area contributed by atoms with E-state index in [1.54, 1.807) is 12.1 Å². The van der Waals surface area contributed by atoms with Gasteiger partial charge in [0.25, 0.3) is 0 Å². The molecular formula is C20H21F. The Kier molecular flexibility index (Phi) is 4.25. The first-order chi connectivity index (χ1) is 10.3. The quantitative estimate of drug-likeness (QED) is 0.625. The summed E-state index contributed by atoms with van der Waals surface area (Å²) in [5.41, 5.74) is 9.85. The van der Waals surface area contributed by atoms with Gasteiger partial charge in [-0.3, -0.25) is 0 Å². The van der Waals surface area contributed by atoms with Gasteiger partial charge in [-0.1, -0.05) is 36.9 Å². The summed E-state index contributed by atoms with van der Waals surface area (Å²) in [5, 5.41) is 0. The molecule has 1 fully saturated rings. The molecule has 0 aliphatic heterocycles. The minimum absolute atomic E-state index is 0.202. The van der Waals surface area contributed by atoms with E-state index in [4.69, 9.17) is 0 Å². The highest BCUT2D eigenvalue weighted by molar-refractivity contribution is 5.75. The molecule has 1 saturated carbocycles. The Balaban J connectivity index is 1.79. The number of rotatable bonds is 3. The molecule has 2 aliphatic carbocycles. The van der Waals surface area contributed by atoms with Crippen molar-refractivity contribution in [3.05, 3.63) is 64.8 Å². The maximum absolute atomic E-state index is 13.0. The summed E-state index contributed by atoms with van der Waals surface area (Å²) in [6.07, 6.45) is 10.8. The molecule has 1 aromatic carbocycles. The molecule has 0 radical (unpaired) electrons. The number of allylic oxidation sites excluding steroid dienone is 4. The molecule has 0 aromatic heterocycles. The summed E-state index contributed by atoms with van der Waals surface area (Å²) in [4.78, 5) is 0. The van der Waals surface area contributed by atoms with Crippen molar-refractivity contribution in [2.45, 2.75) is 39.0 Å². The van der Waals surface area contributed by atoms with Crippen molar-refractivity contribution in [3.8, 4) is 0 Å². The summed E-state index contributed by atoms with van der Waals surface area (Å²) in [7, 11) is 0. The topological polar surface area (TPSA) is 0 Å². The molecule has 0 atom stereocenters. The van der Waals surface area contributed by atoms with Gasteiger partial charge in [0.15, 0.2) is 0 Å². The minimum Gasteiger partial charge on any atom is -0.207 e. The van der Waals surface area contributed by atoms with E-state index in [1.165, 1.54) is 49.8 Å². The Morgan fingerprint density at radius 3 is 2.29 bits per heavy atom. The maximum atomic E-state index is 13.0. The zero-order valence-electron chi connectivity index (χ0n) is 12.5. The van der Waals surface area contributed by atoms with Gasteiger partial charge in [0.2, 0.25) is 0 Å². The highest BCUT2D eigenvalue weighted by Gasteiger charge is 2.22. The molecule has 0 N–H and O–H groups in total. The smallest absolute Gasteiger partial charge is 0.123 e. The van der Waals surface area contributed by atoms with Crippen molar-refractivity contribution < 1.29 is 4.39 Å². The highest BCUT2D eigenvalue weighted by atomic mass is 19.1. The highest BCUT2D eigenvalue weighted by Crippen LogP contribution is 2.35. The van der Waals surface area contributed by atoms with Gasteiger partial charge in [0, 0.05) is 11.1 Å². The first-order valence-electron chi connectivity index (χ1n) is 7.96. The van der Waals surface area contributed by atoms with Gasteiger partial charge in [-0.2, -0.15) is 0 Å². The van der Waals surface area contributed by atoms with Crippen molar-refractivity contribution in [2.24, 2.45) is 11.8 Å². The lowest BCUT2D eigenvalue weighted by molar-refractivity contribution is 0.298. The molecule has 0 saturated heterocycles. The molecule has 0 spiro atoms. The van der Waals surface area contributed by atoms with Crippen LogP contribution < -0.4 is 0 Å². The fourth-order valence-electron chi connectivity index (χ4n) is 3.31. The SMILES string of the molecule is CCC1CCC(C2=C=C=C(c3ccc(F)cc3)C=C2)CC1. The Hall–Kier alpha value is -1.81. The van der Waals surface area contributed by atoms with Crippen molar-refractivity contribution in [3.63, 3.8) is 0 Å². The van der Waals surface area contributed by atoms with E-state index in [2.05, 4.69) is 30.5 Å². The number of halogens is 1. The van der Waals surface area contributed by atoms with Gasteiger partial charge in [-0.25, -0.2) is 4.39 Å². The van der Waals surface area contributed by atoms with Crippen molar-refractivity contribution in [1.82, 2.24) is 0 Å². The summed E-state index contributed by atoms with van der Waals surface area (Å²) < 4.78 is 13.0. The lowest BCUT2D eigenvalue weighted by atomic mass is 9.77. The van der Waals surface area contributed by atoms with E-state index in [0.717, 1.165) is 17.1 Å². The molecule has 0 nitrogen and oxygen atoms in total. The van der Waals surface area contributed by atoms with E-state index in [-0.39, 0.29) is 5.82 Å². The van der Waals surface area contributed by atoms with Crippen LogP contribution in [0.25, 0.3) is 5.57 Å². The Labute approximate surface area is 126 Å². The van der Waals surface area contributed by atoms with Gasteiger partial charge in [0.1, 0.15) is 5.82 Å². The van der Waals surface area contributed by atoms with Gasteiger partial charge in [-0.15, -0.1) is 0 Å². The van der Waals surface area contributed by atoms with Crippen LogP contribution in [0, 0.1) is 17.7 Å². The van der Waals surface area contributed by atoms with Gasteiger partial charge in [-0.05, 0) is 67.4 Å². The standard InChI is InChI=1S/C20H21F/c1-2-15-3-5-16(6-4-15)17-7-9-18(10-8-17)19-11-13-20(21)14-12-19/h7,9,11-16H,2-6H2,1H3. The first kappa shape index (κ1) is 14.1. The molecule has 2 aliphatic rings. The molecule has 1 heteroatoms. The third kappa shape index (κ3) is 3.27. The molecule has 0 amide bonds. The Morgan fingerprint density at radius 1 is 1.00 bits per heavy atom. The van der Waals surface area contributed by atoms with Crippen molar-refractivity contribution >= 4 is 5.57 Å². The first-order valence-corrected chi connectivity index (χ1v) is 7.96. The lowest BCUT2D eigenvalue weighted by Gasteiger charge is -2.28. The predicted molar refractivity (Wildman–Crippen MR) is 85.2 cm³/mol. The Morgan fingerprint density at radius 2 is 1.71 bits per heavy atom. The normalized spacial score (nSPS) is 24.7. The summed E-state index contributed by atoms with van der Waals surface area (Å²) in [5.74, 6) is 1.36. The van der Waals surface area contributed by atoms with Crippen LogP contribution in [0.5, 0.6) is 0 Å². The molecule has 1 aromatic rings. The average molecular weight is 280 g/mol. The lowest BCUT2D eigenvalue weighted by Crippen LogP contribution is -2.15. The summed E-state index contributed by atoms with van der Waals surface area (Å²) in [6.45, 7) is 2.29. The van der Waals surface area contributed by atoms with Gasteiger partial charge in [0.05, 0.1) is 0 Å². The molecular weight excluding hydrogens is 259 g/mol. The molecule has 21 heavy (non-hydrogen) atoms. The van der Waals surface area contributed by atoms with Gasteiger partial charge < -0.3 is 0 Å². The van der Waals surface area contributed by atoms with Crippen molar-refractivity contribution in [2.75, 3.05) is 0 Å². The second-order valence-corrected chi connectivity index (χ2v) is 6.09.